The third-order valence-electron chi connectivity index (χ3n) is 4.27. The lowest BCUT2D eigenvalue weighted by Gasteiger charge is -2.52. The zero-order chi connectivity index (χ0) is 15.5. The van der Waals surface area contributed by atoms with Crippen LogP contribution in [0.2, 0.25) is 0 Å². The molecule has 2 aliphatic rings. The van der Waals surface area contributed by atoms with Gasteiger partial charge in [-0.15, -0.1) is 0 Å². The largest absolute Gasteiger partial charge is 0.503 e. The van der Waals surface area contributed by atoms with E-state index in [1.807, 2.05) is 0 Å². The van der Waals surface area contributed by atoms with Crippen LogP contribution >= 0.6 is 0 Å². The number of likely N-dealkylation sites (N-methyl/N-ethyl adjacent to an activating group) is 1. The quantitative estimate of drug-likeness (QED) is 0.586. The van der Waals surface area contributed by atoms with Gasteiger partial charge in [0.2, 0.25) is 5.43 Å². The van der Waals surface area contributed by atoms with Crippen molar-refractivity contribution < 1.29 is 19.8 Å². The average Bonchev–Trinajstić information content (AvgIpc) is 2.36. The number of aromatic nitrogens is 1. The number of nitrogens with two attached hydrogens (primary N) is 1. The standard InChI is InChI=1S/C13H15N3O5/c1-15-5-13(2-6(17)3-13)16-4-7(11(14)20)9(18)10(19)8(16)12(15)21/h4,6,17,19H,2-3,5H2,1H3,(H2,14,20). The predicted octanol–water partition coefficient (Wildman–Crippen LogP) is -1.41. The smallest absolute Gasteiger partial charge is 0.274 e. The van der Waals surface area contributed by atoms with Crippen molar-refractivity contribution >= 4 is 11.8 Å². The predicted molar refractivity (Wildman–Crippen MR) is 71.1 cm³/mol. The molecule has 0 saturated heterocycles. The lowest BCUT2D eigenvalue weighted by Crippen LogP contribution is -2.61. The molecule has 0 bridgehead atoms. The van der Waals surface area contributed by atoms with E-state index < -0.39 is 34.6 Å². The number of hydrogen-bond donors (Lipinski definition) is 3. The summed E-state index contributed by atoms with van der Waals surface area (Å²) in [6.07, 6.45) is 1.45. The number of amides is 2. The third-order valence-corrected chi connectivity index (χ3v) is 4.27. The van der Waals surface area contributed by atoms with Crippen LogP contribution in [0.4, 0.5) is 0 Å². The van der Waals surface area contributed by atoms with E-state index in [1.165, 1.54) is 15.7 Å². The fourth-order valence-corrected chi connectivity index (χ4v) is 3.27. The zero-order valence-corrected chi connectivity index (χ0v) is 11.4. The molecule has 2 amide bonds. The molecule has 1 aromatic heterocycles. The van der Waals surface area contributed by atoms with E-state index in [2.05, 4.69) is 0 Å². The summed E-state index contributed by atoms with van der Waals surface area (Å²) in [6, 6.07) is 0. The minimum atomic E-state index is -0.966. The van der Waals surface area contributed by atoms with Crippen molar-refractivity contribution in [3.8, 4) is 5.75 Å². The summed E-state index contributed by atoms with van der Waals surface area (Å²) in [4.78, 5) is 36.9. The number of carbonyl (C=O) groups excluding carboxylic acids is 2. The number of aromatic hydroxyl groups is 1. The van der Waals surface area contributed by atoms with Gasteiger partial charge in [0.1, 0.15) is 5.56 Å². The Labute approximate surface area is 119 Å². The molecule has 3 rings (SSSR count). The lowest BCUT2D eigenvalue weighted by molar-refractivity contribution is -0.0453. The normalized spacial score (nSPS) is 27.4. The maximum absolute atomic E-state index is 12.2. The summed E-state index contributed by atoms with van der Waals surface area (Å²) in [5, 5.41) is 19.6. The number of carbonyl (C=O) groups is 2. The van der Waals surface area contributed by atoms with Gasteiger partial charge in [0, 0.05) is 19.8 Å². The van der Waals surface area contributed by atoms with E-state index in [4.69, 9.17) is 5.73 Å². The fraction of sp³-hybridized carbons (Fsp3) is 0.462. The highest BCUT2D eigenvalue weighted by Crippen LogP contribution is 2.44. The Kier molecular flexibility index (Phi) is 2.64. The molecule has 0 unspecified atom stereocenters. The molecule has 1 fully saturated rings. The SMILES string of the molecule is CN1CC2(CC(O)C2)n2cc(C(N)=O)c(=O)c(O)c2C1=O. The van der Waals surface area contributed by atoms with Gasteiger partial charge in [0.05, 0.1) is 11.6 Å². The molecule has 8 heteroatoms. The highest BCUT2D eigenvalue weighted by Gasteiger charge is 2.51. The second kappa shape index (κ2) is 4.08. The summed E-state index contributed by atoms with van der Waals surface area (Å²) in [6.45, 7) is 0.330. The lowest BCUT2D eigenvalue weighted by atomic mass is 9.72. The summed E-state index contributed by atoms with van der Waals surface area (Å²) in [7, 11) is 1.56. The van der Waals surface area contributed by atoms with Crippen LogP contribution in [0.1, 0.15) is 33.7 Å². The van der Waals surface area contributed by atoms with Crippen molar-refractivity contribution in [1.29, 1.82) is 0 Å². The van der Waals surface area contributed by atoms with Crippen LogP contribution in [-0.2, 0) is 5.54 Å². The molecule has 2 heterocycles. The molecule has 4 N–H and O–H groups in total. The summed E-state index contributed by atoms with van der Waals surface area (Å²) >= 11 is 0. The van der Waals surface area contributed by atoms with Crippen LogP contribution in [0.15, 0.2) is 11.0 Å². The van der Waals surface area contributed by atoms with Crippen LogP contribution in [-0.4, -0.2) is 51.2 Å². The average molecular weight is 293 g/mol. The van der Waals surface area contributed by atoms with Crippen molar-refractivity contribution in [2.75, 3.05) is 13.6 Å². The third kappa shape index (κ3) is 1.69. The van der Waals surface area contributed by atoms with Crippen molar-refractivity contribution in [3.05, 3.63) is 27.7 Å². The molecule has 1 aliphatic carbocycles. The Bertz CT molecular complexity index is 717. The molecule has 0 radical (unpaired) electrons. The van der Waals surface area contributed by atoms with Crippen molar-refractivity contribution in [1.82, 2.24) is 9.47 Å². The zero-order valence-electron chi connectivity index (χ0n) is 11.4. The topological polar surface area (TPSA) is 126 Å². The van der Waals surface area contributed by atoms with Gasteiger partial charge >= 0.3 is 0 Å². The molecule has 1 saturated carbocycles. The van der Waals surface area contributed by atoms with Crippen molar-refractivity contribution in [3.63, 3.8) is 0 Å². The Morgan fingerprint density at radius 1 is 1.43 bits per heavy atom. The summed E-state index contributed by atoms with van der Waals surface area (Å²) < 4.78 is 1.43. The van der Waals surface area contributed by atoms with E-state index in [0.717, 1.165) is 0 Å². The molecule has 1 spiro atoms. The van der Waals surface area contributed by atoms with E-state index in [0.29, 0.717) is 19.4 Å². The second-order valence-electron chi connectivity index (χ2n) is 5.75. The number of primary amides is 1. The first-order chi connectivity index (χ1) is 9.77. The first kappa shape index (κ1) is 13.6. The number of fused-ring (bicyclic) bond motifs is 2. The number of hydrogen-bond acceptors (Lipinski definition) is 5. The highest BCUT2D eigenvalue weighted by molar-refractivity contribution is 5.98. The number of aliphatic hydroxyl groups is 1. The van der Waals surface area contributed by atoms with Gasteiger partial charge in [0.15, 0.2) is 11.4 Å². The maximum Gasteiger partial charge on any atom is 0.274 e. The summed E-state index contributed by atoms with van der Waals surface area (Å²) in [5.74, 6) is -2.25. The van der Waals surface area contributed by atoms with Gasteiger partial charge in [0.25, 0.3) is 11.8 Å². The van der Waals surface area contributed by atoms with Crippen molar-refractivity contribution in [2.24, 2.45) is 5.73 Å². The molecular weight excluding hydrogens is 278 g/mol. The first-order valence-corrected chi connectivity index (χ1v) is 6.49. The molecule has 112 valence electrons. The maximum atomic E-state index is 12.2. The molecule has 0 aromatic carbocycles. The minimum absolute atomic E-state index is 0.161. The van der Waals surface area contributed by atoms with Crippen LogP contribution in [0.25, 0.3) is 0 Å². The monoisotopic (exact) mass is 293 g/mol. The highest BCUT2D eigenvalue weighted by atomic mass is 16.3. The molecule has 8 nitrogen and oxygen atoms in total. The Morgan fingerprint density at radius 2 is 2.05 bits per heavy atom. The van der Waals surface area contributed by atoms with Gasteiger partial charge in [-0.05, 0) is 12.8 Å². The van der Waals surface area contributed by atoms with Gasteiger partial charge in [-0.1, -0.05) is 0 Å². The number of aliphatic hydroxyl groups excluding tert-OH is 1. The van der Waals surface area contributed by atoms with Gasteiger partial charge in [-0.2, -0.15) is 0 Å². The molecular formula is C13H15N3O5. The van der Waals surface area contributed by atoms with Gasteiger partial charge in [-0.25, -0.2) is 0 Å². The minimum Gasteiger partial charge on any atom is -0.503 e. The Hall–Kier alpha value is -2.35. The van der Waals surface area contributed by atoms with E-state index >= 15 is 0 Å². The van der Waals surface area contributed by atoms with Crippen LogP contribution in [0.5, 0.6) is 5.75 Å². The number of pyridine rings is 1. The number of nitrogens with zero attached hydrogens (tertiary/aromatic N) is 2. The van der Waals surface area contributed by atoms with Gasteiger partial charge < -0.3 is 25.4 Å². The first-order valence-electron chi connectivity index (χ1n) is 6.49. The fourth-order valence-electron chi connectivity index (χ4n) is 3.27. The van der Waals surface area contributed by atoms with Crippen LogP contribution in [0.3, 0.4) is 0 Å². The Morgan fingerprint density at radius 3 is 2.57 bits per heavy atom. The molecule has 0 atom stereocenters. The van der Waals surface area contributed by atoms with Crippen molar-refractivity contribution in [2.45, 2.75) is 24.5 Å². The number of rotatable bonds is 1. The van der Waals surface area contributed by atoms with E-state index in [-0.39, 0.29) is 11.3 Å². The van der Waals surface area contributed by atoms with E-state index in [9.17, 15) is 24.6 Å². The second-order valence-corrected chi connectivity index (χ2v) is 5.75. The summed E-state index contributed by atoms with van der Waals surface area (Å²) in [5.41, 5.74) is 3.05. The van der Waals surface area contributed by atoms with E-state index in [1.54, 1.807) is 7.05 Å². The van der Waals surface area contributed by atoms with Gasteiger partial charge in [-0.3, -0.25) is 14.4 Å². The molecule has 1 aliphatic heterocycles. The Balaban J connectivity index is 2.30. The molecule has 1 aromatic rings. The molecule has 21 heavy (non-hydrogen) atoms. The van der Waals surface area contributed by atoms with Crippen LogP contribution < -0.4 is 11.2 Å². The van der Waals surface area contributed by atoms with Crippen LogP contribution in [0, 0.1) is 0 Å².